The zero-order chi connectivity index (χ0) is 15.2. The maximum atomic E-state index is 4.76. The molecule has 0 fully saturated rings. The third-order valence-electron chi connectivity index (χ3n) is 3.44. The van der Waals surface area contributed by atoms with Gasteiger partial charge in [-0.25, -0.2) is 9.97 Å². The van der Waals surface area contributed by atoms with Gasteiger partial charge in [0.1, 0.15) is 11.6 Å². The van der Waals surface area contributed by atoms with Crippen LogP contribution in [0.15, 0.2) is 24.5 Å². The van der Waals surface area contributed by atoms with Gasteiger partial charge in [-0.1, -0.05) is 20.8 Å². The molecule has 0 unspecified atom stereocenters. The van der Waals surface area contributed by atoms with E-state index in [-0.39, 0.29) is 0 Å². The van der Waals surface area contributed by atoms with Crippen molar-refractivity contribution >= 4 is 5.82 Å². The predicted octanol–water partition coefficient (Wildman–Crippen LogP) is 3.72. The number of pyridine rings is 1. The molecule has 0 aliphatic heterocycles. The fraction of sp³-hybridized carbons (Fsp3) is 0.471. The molecule has 4 heteroatoms. The molecule has 0 bridgehead atoms. The lowest BCUT2D eigenvalue weighted by Crippen LogP contribution is -2.11. The highest BCUT2D eigenvalue weighted by molar-refractivity contribution is 5.47. The molecule has 21 heavy (non-hydrogen) atoms. The minimum atomic E-state index is 0.323. The number of hydrogen-bond acceptors (Lipinski definition) is 4. The van der Waals surface area contributed by atoms with Gasteiger partial charge in [0, 0.05) is 36.8 Å². The van der Waals surface area contributed by atoms with Crippen molar-refractivity contribution in [1.82, 2.24) is 15.0 Å². The Hall–Kier alpha value is -1.97. The lowest BCUT2D eigenvalue weighted by atomic mass is 10.1. The molecule has 0 spiro atoms. The summed E-state index contributed by atoms with van der Waals surface area (Å²) in [5, 5.41) is 3.42. The number of rotatable bonds is 6. The van der Waals surface area contributed by atoms with Gasteiger partial charge in [-0.3, -0.25) is 4.98 Å². The molecule has 0 amide bonds. The first-order chi connectivity index (χ1) is 10.1. The Morgan fingerprint density at radius 2 is 1.86 bits per heavy atom. The Bertz CT molecular complexity index is 579. The predicted molar refractivity (Wildman–Crippen MR) is 86.7 cm³/mol. The van der Waals surface area contributed by atoms with Gasteiger partial charge in [-0.15, -0.1) is 0 Å². The number of nitrogens with zero attached hydrogens (tertiary/aromatic N) is 3. The second-order valence-corrected chi connectivity index (χ2v) is 5.62. The van der Waals surface area contributed by atoms with E-state index in [2.05, 4.69) is 43.0 Å². The molecule has 2 heterocycles. The summed E-state index contributed by atoms with van der Waals surface area (Å²) in [6, 6.07) is 4.07. The van der Waals surface area contributed by atoms with Crippen LogP contribution in [-0.2, 0) is 6.42 Å². The van der Waals surface area contributed by atoms with Crippen LogP contribution in [0.1, 0.15) is 55.8 Å². The highest BCUT2D eigenvalue weighted by Gasteiger charge is 2.13. The summed E-state index contributed by atoms with van der Waals surface area (Å²) in [7, 11) is 0. The van der Waals surface area contributed by atoms with Crippen molar-refractivity contribution in [2.24, 2.45) is 0 Å². The summed E-state index contributed by atoms with van der Waals surface area (Å²) in [6.07, 6.45) is 5.55. The first kappa shape index (κ1) is 15.4. The van der Waals surface area contributed by atoms with Gasteiger partial charge in [0.05, 0.1) is 5.69 Å². The van der Waals surface area contributed by atoms with Gasteiger partial charge in [0.15, 0.2) is 0 Å². The minimum Gasteiger partial charge on any atom is -0.370 e. The van der Waals surface area contributed by atoms with E-state index in [1.54, 1.807) is 0 Å². The van der Waals surface area contributed by atoms with E-state index in [0.717, 1.165) is 42.3 Å². The van der Waals surface area contributed by atoms with Crippen molar-refractivity contribution < 1.29 is 0 Å². The van der Waals surface area contributed by atoms with Crippen LogP contribution in [0.5, 0.6) is 0 Å². The third-order valence-corrected chi connectivity index (χ3v) is 3.44. The monoisotopic (exact) mass is 284 g/mol. The highest BCUT2D eigenvalue weighted by Crippen LogP contribution is 2.21. The van der Waals surface area contributed by atoms with Crippen molar-refractivity contribution in [3.63, 3.8) is 0 Å². The Labute approximate surface area is 127 Å². The zero-order valence-electron chi connectivity index (χ0n) is 13.3. The molecule has 0 saturated carbocycles. The second-order valence-electron chi connectivity index (χ2n) is 5.62. The van der Waals surface area contributed by atoms with Crippen LogP contribution < -0.4 is 5.32 Å². The van der Waals surface area contributed by atoms with Crippen LogP contribution in [0.4, 0.5) is 5.82 Å². The fourth-order valence-corrected chi connectivity index (χ4v) is 2.12. The molecule has 0 aromatic carbocycles. The van der Waals surface area contributed by atoms with E-state index in [1.807, 2.05) is 24.5 Å². The van der Waals surface area contributed by atoms with Gasteiger partial charge < -0.3 is 5.32 Å². The maximum absolute atomic E-state index is 4.76. The molecule has 2 rings (SSSR count). The molecule has 0 aliphatic carbocycles. The van der Waals surface area contributed by atoms with Crippen molar-refractivity contribution in [3.05, 3.63) is 47.2 Å². The average molecular weight is 284 g/mol. The standard InChI is InChI=1S/C17H24N4/c1-5-8-19-17-13(4)15(20-16(21-17)12(2)3)11-14-6-9-18-10-7-14/h6-7,9-10,12H,5,8,11H2,1-4H3,(H,19,20,21). The Morgan fingerprint density at radius 3 is 2.48 bits per heavy atom. The molecule has 4 nitrogen and oxygen atoms in total. The van der Waals surface area contributed by atoms with Crippen LogP contribution in [-0.4, -0.2) is 21.5 Å². The molecular weight excluding hydrogens is 260 g/mol. The number of anilines is 1. The number of nitrogens with one attached hydrogen (secondary N) is 1. The quantitative estimate of drug-likeness (QED) is 0.878. The first-order valence-electron chi connectivity index (χ1n) is 7.62. The zero-order valence-corrected chi connectivity index (χ0v) is 13.3. The van der Waals surface area contributed by atoms with Crippen molar-refractivity contribution in [2.75, 3.05) is 11.9 Å². The average Bonchev–Trinajstić information content (AvgIpc) is 2.49. The summed E-state index contributed by atoms with van der Waals surface area (Å²) in [4.78, 5) is 13.5. The summed E-state index contributed by atoms with van der Waals surface area (Å²) in [6.45, 7) is 9.45. The van der Waals surface area contributed by atoms with Crippen LogP contribution in [0.25, 0.3) is 0 Å². The smallest absolute Gasteiger partial charge is 0.133 e. The second kappa shape index (κ2) is 7.16. The van der Waals surface area contributed by atoms with E-state index in [1.165, 1.54) is 5.56 Å². The normalized spacial score (nSPS) is 10.9. The Kier molecular flexibility index (Phi) is 5.26. The van der Waals surface area contributed by atoms with Gasteiger partial charge in [0.25, 0.3) is 0 Å². The van der Waals surface area contributed by atoms with Crippen molar-refractivity contribution in [3.8, 4) is 0 Å². The van der Waals surface area contributed by atoms with Gasteiger partial charge >= 0.3 is 0 Å². The van der Waals surface area contributed by atoms with E-state index in [9.17, 15) is 0 Å². The highest BCUT2D eigenvalue weighted by atomic mass is 15.0. The lowest BCUT2D eigenvalue weighted by Gasteiger charge is -2.15. The first-order valence-corrected chi connectivity index (χ1v) is 7.62. The van der Waals surface area contributed by atoms with Crippen LogP contribution in [0.3, 0.4) is 0 Å². The Balaban J connectivity index is 2.36. The number of aromatic nitrogens is 3. The lowest BCUT2D eigenvalue weighted by molar-refractivity contribution is 0.756. The van der Waals surface area contributed by atoms with Crippen LogP contribution >= 0.6 is 0 Å². The van der Waals surface area contributed by atoms with Crippen LogP contribution in [0.2, 0.25) is 0 Å². The van der Waals surface area contributed by atoms with Gasteiger partial charge in [-0.05, 0) is 31.0 Å². The fourth-order valence-electron chi connectivity index (χ4n) is 2.12. The van der Waals surface area contributed by atoms with E-state index in [0.29, 0.717) is 5.92 Å². The Morgan fingerprint density at radius 1 is 1.14 bits per heavy atom. The summed E-state index contributed by atoms with van der Waals surface area (Å²) in [5.41, 5.74) is 3.46. The SMILES string of the molecule is CCCNc1nc(C(C)C)nc(Cc2ccncc2)c1C. The van der Waals surface area contributed by atoms with E-state index >= 15 is 0 Å². The molecular formula is C17H24N4. The molecule has 0 saturated heterocycles. The summed E-state index contributed by atoms with van der Waals surface area (Å²) < 4.78 is 0. The van der Waals surface area contributed by atoms with E-state index < -0.39 is 0 Å². The topological polar surface area (TPSA) is 50.7 Å². The molecule has 2 aromatic heterocycles. The van der Waals surface area contributed by atoms with Crippen molar-refractivity contribution in [1.29, 1.82) is 0 Å². The molecule has 1 N–H and O–H groups in total. The van der Waals surface area contributed by atoms with Gasteiger partial charge in [0.2, 0.25) is 0 Å². The molecule has 0 atom stereocenters. The minimum absolute atomic E-state index is 0.323. The maximum Gasteiger partial charge on any atom is 0.133 e. The molecule has 2 aromatic rings. The summed E-state index contributed by atoms with van der Waals surface area (Å²) in [5.74, 6) is 2.20. The molecule has 112 valence electrons. The van der Waals surface area contributed by atoms with Crippen LogP contribution in [0, 0.1) is 6.92 Å². The summed E-state index contributed by atoms with van der Waals surface area (Å²) >= 11 is 0. The van der Waals surface area contributed by atoms with E-state index in [4.69, 9.17) is 4.98 Å². The molecule has 0 radical (unpaired) electrons. The third kappa shape index (κ3) is 4.00. The van der Waals surface area contributed by atoms with Gasteiger partial charge in [-0.2, -0.15) is 0 Å². The molecule has 0 aliphatic rings. The number of hydrogen-bond donors (Lipinski definition) is 1. The van der Waals surface area contributed by atoms with Crippen molar-refractivity contribution in [2.45, 2.75) is 46.5 Å². The largest absolute Gasteiger partial charge is 0.370 e.